The molecule has 0 bridgehead atoms. The molecule has 0 radical (unpaired) electrons. The molecular weight excluding hydrogens is 227 g/mol. The Balaban J connectivity index is 1.76. The summed E-state index contributed by atoms with van der Waals surface area (Å²) >= 11 is 0. The van der Waals surface area contributed by atoms with Crippen LogP contribution in [-0.2, 0) is 12.7 Å². The molecule has 4 heteroatoms. The maximum atomic E-state index is 12.3. The number of hydrogen-bond donors (Lipinski definition) is 1. The average Bonchev–Trinajstić information content (AvgIpc) is 3.08. The van der Waals surface area contributed by atoms with Gasteiger partial charge in [0.25, 0.3) is 0 Å². The number of nitrogens with one attached hydrogen (secondary N) is 1. The molecule has 0 amide bonds. The highest BCUT2D eigenvalue weighted by Gasteiger charge is 2.29. The van der Waals surface area contributed by atoms with Gasteiger partial charge in [-0.3, -0.25) is 0 Å². The third kappa shape index (κ3) is 4.04. The van der Waals surface area contributed by atoms with Crippen LogP contribution in [0.5, 0.6) is 0 Å². The Kier molecular flexibility index (Phi) is 3.72. The van der Waals surface area contributed by atoms with E-state index in [9.17, 15) is 13.2 Å². The molecule has 0 heterocycles. The minimum absolute atomic E-state index is 0.584. The summed E-state index contributed by atoms with van der Waals surface area (Å²) in [5, 5.41) is 3.25. The van der Waals surface area contributed by atoms with E-state index >= 15 is 0 Å². The first-order chi connectivity index (χ1) is 8.05. The number of benzene rings is 1. The lowest BCUT2D eigenvalue weighted by Gasteiger charge is -2.08. The summed E-state index contributed by atoms with van der Waals surface area (Å²) in [6, 6.07) is 5.34. The van der Waals surface area contributed by atoms with Gasteiger partial charge in [-0.2, -0.15) is 13.2 Å². The largest absolute Gasteiger partial charge is 0.416 e. The third-order valence-electron chi connectivity index (χ3n) is 3.04. The lowest BCUT2D eigenvalue weighted by atomic mass is 10.1. The first-order valence-corrected chi connectivity index (χ1v) is 5.92. The van der Waals surface area contributed by atoms with Gasteiger partial charge in [0.2, 0.25) is 0 Å². The zero-order valence-electron chi connectivity index (χ0n) is 9.56. The van der Waals surface area contributed by atoms with E-state index in [4.69, 9.17) is 0 Å². The van der Waals surface area contributed by atoms with Gasteiger partial charge in [-0.25, -0.2) is 0 Å². The van der Waals surface area contributed by atoms with Crippen LogP contribution in [0.15, 0.2) is 24.3 Å². The summed E-state index contributed by atoms with van der Waals surface area (Å²) in [5.41, 5.74) is 0.313. The number of halogens is 3. The summed E-state index contributed by atoms with van der Waals surface area (Å²) in [7, 11) is 0. The molecule has 2 rings (SSSR count). The lowest BCUT2D eigenvalue weighted by Crippen LogP contribution is -2.15. The monoisotopic (exact) mass is 243 g/mol. The first kappa shape index (κ1) is 12.4. The van der Waals surface area contributed by atoms with Crippen molar-refractivity contribution in [3.8, 4) is 0 Å². The smallest absolute Gasteiger partial charge is 0.313 e. The van der Waals surface area contributed by atoms with E-state index in [0.717, 1.165) is 30.2 Å². The van der Waals surface area contributed by atoms with Gasteiger partial charge in [-0.1, -0.05) is 25.0 Å². The van der Waals surface area contributed by atoms with Gasteiger partial charge in [0.05, 0.1) is 5.56 Å². The van der Waals surface area contributed by atoms with E-state index in [0.29, 0.717) is 6.54 Å². The highest BCUT2D eigenvalue weighted by atomic mass is 19.4. The van der Waals surface area contributed by atoms with Gasteiger partial charge in [0.1, 0.15) is 0 Å². The summed E-state index contributed by atoms with van der Waals surface area (Å²) in [5.74, 6) is 0.884. The minimum Gasteiger partial charge on any atom is -0.313 e. The first-order valence-electron chi connectivity index (χ1n) is 5.92. The van der Waals surface area contributed by atoms with E-state index < -0.39 is 11.7 Å². The molecule has 1 saturated carbocycles. The van der Waals surface area contributed by atoms with Crippen molar-refractivity contribution in [2.75, 3.05) is 6.54 Å². The normalized spacial score (nSPS) is 16.2. The van der Waals surface area contributed by atoms with E-state index in [1.54, 1.807) is 0 Å². The summed E-state index contributed by atoms with van der Waals surface area (Å²) in [4.78, 5) is 0. The van der Waals surface area contributed by atoms with Gasteiger partial charge in [-0.15, -0.1) is 0 Å². The Bertz CT molecular complexity index is 352. The van der Waals surface area contributed by atoms with Crippen LogP contribution in [0.1, 0.15) is 30.4 Å². The summed E-state index contributed by atoms with van der Waals surface area (Å²) in [6.07, 6.45) is -0.386. The predicted octanol–water partition coefficient (Wildman–Crippen LogP) is 3.60. The third-order valence-corrected chi connectivity index (χ3v) is 3.04. The Morgan fingerprint density at radius 3 is 2.29 bits per heavy atom. The van der Waals surface area contributed by atoms with Gasteiger partial charge < -0.3 is 5.32 Å². The molecule has 1 N–H and O–H groups in total. The Morgan fingerprint density at radius 1 is 1.12 bits per heavy atom. The molecule has 94 valence electrons. The fourth-order valence-corrected chi connectivity index (χ4v) is 1.76. The quantitative estimate of drug-likeness (QED) is 0.779. The van der Waals surface area contributed by atoms with Gasteiger partial charge in [0, 0.05) is 6.54 Å². The average molecular weight is 243 g/mol. The molecule has 1 aromatic carbocycles. The Morgan fingerprint density at radius 2 is 1.76 bits per heavy atom. The predicted molar refractivity (Wildman–Crippen MR) is 60.5 cm³/mol. The van der Waals surface area contributed by atoms with Crippen molar-refractivity contribution in [2.24, 2.45) is 5.92 Å². The second-order valence-electron chi connectivity index (χ2n) is 4.60. The SMILES string of the molecule is FC(F)(F)c1ccc(CNCCC2CC2)cc1. The second kappa shape index (κ2) is 5.08. The zero-order chi connectivity index (χ0) is 12.3. The van der Waals surface area contributed by atoms with E-state index in [1.165, 1.54) is 31.4 Å². The van der Waals surface area contributed by atoms with Crippen LogP contribution in [-0.4, -0.2) is 6.54 Å². The molecule has 0 atom stereocenters. The number of hydrogen-bond acceptors (Lipinski definition) is 1. The van der Waals surface area contributed by atoms with Crippen LogP contribution in [0.2, 0.25) is 0 Å². The van der Waals surface area contributed by atoms with Gasteiger partial charge in [0.15, 0.2) is 0 Å². The van der Waals surface area contributed by atoms with Crippen LogP contribution >= 0.6 is 0 Å². The van der Waals surface area contributed by atoms with Crippen molar-refractivity contribution in [1.82, 2.24) is 5.32 Å². The fourth-order valence-electron chi connectivity index (χ4n) is 1.76. The minimum atomic E-state index is -4.24. The second-order valence-corrected chi connectivity index (χ2v) is 4.60. The molecule has 0 aromatic heterocycles. The topological polar surface area (TPSA) is 12.0 Å². The zero-order valence-corrected chi connectivity index (χ0v) is 9.56. The van der Waals surface area contributed by atoms with Crippen LogP contribution in [0.4, 0.5) is 13.2 Å². The molecule has 1 aliphatic carbocycles. The molecule has 0 aliphatic heterocycles. The van der Waals surface area contributed by atoms with Crippen LogP contribution in [0.3, 0.4) is 0 Å². The van der Waals surface area contributed by atoms with Crippen molar-refractivity contribution < 1.29 is 13.2 Å². The van der Waals surface area contributed by atoms with Crippen molar-refractivity contribution in [2.45, 2.75) is 32.0 Å². The van der Waals surface area contributed by atoms with Crippen molar-refractivity contribution in [1.29, 1.82) is 0 Å². The number of alkyl halides is 3. The maximum Gasteiger partial charge on any atom is 0.416 e. The summed E-state index contributed by atoms with van der Waals surface area (Å²) in [6.45, 7) is 1.59. The van der Waals surface area contributed by atoms with E-state index in [-0.39, 0.29) is 0 Å². The molecule has 1 fully saturated rings. The highest BCUT2D eigenvalue weighted by molar-refractivity contribution is 5.24. The van der Waals surface area contributed by atoms with E-state index in [2.05, 4.69) is 5.32 Å². The Labute approximate surface area is 99.0 Å². The fraction of sp³-hybridized carbons (Fsp3) is 0.538. The van der Waals surface area contributed by atoms with Crippen LogP contribution in [0, 0.1) is 5.92 Å². The van der Waals surface area contributed by atoms with E-state index in [1.807, 2.05) is 0 Å². The molecule has 0 spiro atoms. The lowest BCUT2D eigenvalue weighted by molar-refractivity contribution is -0.137. The van der Waals surface area contributed by atoms with Crippen LogP contribution in [0.25, 0.3) is 0 Å². The van der Waals surface area contributed by atoms with Gasteiger partial charge in [-0.05, 0) is 36.6 Å². The van der Waals surface area contributed by atoms with Gasteiger partial charge >= 0.3 is 6.18 Å². The van der Waals surface area contributed by atoms with Crippen molar-refractivity contribution in [3.63, 3.8) is 0 Å². The van der Waals surface area contributed by atoms with Crippen LogP contribution < -0.4 is 5.32 Å². The molecule has 0 unspecified atom stereocenters. The molecule has 17 heavy (non-hydrogen) atoms. The molecule has 1 aliphatic rings. The van der Waals surface area contributed by atoms with Crippen molar-refractivity contribution >= 4 is 0 Å². The molecule has 1 nitrogen and oxygen atoms in total. The standard InChI is InChI=1S/C13H16F3N/c14-13(15,16)12-5-3-11(4-6-12)9-17-8-7-10-1-2-10/h3-6,10,17H,1-2,7-9H2. The van der Waals surface area contributed by atoms with Crippen molar-refractivity contribution in [3.05, 3.63) is 35.4 Å². The number of rotatable bonds is 5. The Hall–Kier alpha value is -1.03. The molecule has 1 aromatic rings. The summed E-state index contributed by atoms with van der Waals surface area (Å²) < 4.78 is 36.9. The molecule has 0 saturated heterocycles. The molecular formula is C13H16F3N. The highest BCUT2D eigenvalue weighted by Crippen LogP contribution is 2.31. The maximum absolute atomic E-state index is 12.3.